The number of benzene rings is 1. The predicted molar refractivity (Wildman–Crippen MR) is 130 cm³/mol. The number of rotatable bonds is 4. The Morgan fingerprint density at radius 3 is 2.75 bits per heavy atom. The lowest BCUT2D eigenvalue weighted by Gasteiger charge is -2.51. The van der Waals surface area contributed by atoms with E-state index >= 15 is 0 Å². The molecule has 2 atom stereocenters. The van der Waals surface area contributed by atoms with Crippen molar-refractivity contribution in [3.63, 3.8) is 0 Å². The van der Waals surface area contributed by atoms with Gasteiger partial charge in [0.2, 0.25) is 0 Å². The Hall–Kier alpha value is -1.98. The fraction of sp³-hybridized carbons (Fsp3) is 0.577. The van der Waals surface area contributed by atoms with Crippen LogP contribution in [0.15, 0.2) is 24.3 Å². The first-order valence-electron chi connectivity index (χ1n) is 11.9. The molecule has 0 saturated carbocycles. The number of piperidine rings is 1. The van der Waals surface area contributed by atoms with Crippen LogP contribution >= 0.6 is 12.4 Å². The summed E-state index contributed by atoms with van der Waals surface area (Å²) >= 11 is 0. The molecule has 2 aromatic rings. The van der Waals surface area contributed by atoms with Crippen molar-refractivity contribution in [2.45, 2.75) is 51.4 Å². The van der Waals surface area contributed by atoms with E-state index in [4.69, 9.17) is 4.74 Å². The average Bonchev–Trinajstić information content (AvgIpc) is 3.45. The van der Waals surface area contributed by atoms with E-state index in [-0.39, 0.29) is 23.7 Å². The van der Waals surface area contributed by atoms with Crippen LogP contribution in [0, 0.1) is 12.8 Å². The van der Waals surface area contributed by atoms with E-state index in [1.807, 2.05) is 11.0 Å². The van der Waals surface area contributed by atoms with Crippen molar-refractivity contribution in [2.24, 2.45) is 5.92 Å². The molecule has 174 valence electrons. The second-order valence-corrected chi connectivity index (χ2v) is 9.69. The number of aromatic nitrogens is 1. The third-order valence-electron chi connectivity index (χ3n) is 8.24. The first-order valence-corrected chi connectivity index (χ1v) is 11.9. The second kappa shape index (κ2) is 9.11. The molecule has 6 heteroatoms. The molecule has 2 saturated heterocycles. The van der Waals surface area contributed by atoms with Gasteiger partial charge in [-0.15, -0.1) is 12.4 Å². The van der Waals surface area contributed by atoms with Crippen LogP contribution in [0.4, 0.5) is 0 Å². The smallest absolute Gasteiger partial charge is 0.270 e. The fourth-order valence-corrected chi connectivity index (χ4v) is 6.31. The normalized spacial score (nSPS) is 25.1. The number of likely N-dealkylation sites (tertiary alicyclic amines) is 2. The summed E-state index contributed by atoms with van der Waals surface area (Å²) in [5.74, 6) is 1.67. The van der Waals surface area contributed by atoms with Crippen LogP contribution in [0.1, 0.15) is 59.1 Å². The Morgan fingerprint density at radius 1 is 1.25 bits per heavy atom. The Kier molecular flexibility index (Phi) is 6.60. The Bertz CT molecular complexity index is 981. The summed E-state index contributed by atoms with van der Waals surface area (Å²) in [6.45, 7) is 9.54. The van der Waals surface area contributed by atoms with Gasteiger partial charge >= 0.3 is 0 Å². The van der Waals surface area contributed by atoms with Gasteiger partial charge in [-0.1, -0.05) is 19.1 Å². The molecule has 0 unspecified atom stereocenters. The van der Waals surface area contributed by atoms with Crippen molar-refractivity contribution in [1.29, 1.82) is 0 Å². The van der Waals surface area contributed by atoms with E-state index in [0.29, 0.717) is 5.92 Å². The quantitative estimate of drug-likeness (QED) is 0.741. The molecule has 1 aliphatic carbocycles. The SMILES string of the molecule is CCN1CC[C@]2(c3cccc(OC)c3)Cc3[nH]c(C(=O)N4CCCC4)c(C)c3C[C@H]2C1.Cl. The lowest BCUT2D eigenvalue weighted by molar-refractivity contribution is 0.0786. The minimum Gasteiger partial charge on any atom is -0.497 e. The molecule has 1 aromatic carbocycles. The summed E-state index contributed by atoms with van der Waals surface area (Å²) in [6, 6.07) is 8.69. The van der Waals surface area contributed by atoms with Crippen molar-refractivity contribution < 1.29 is 9.53 Å². The summed E-state index contributed by atoms with van der Waals surface area (Å²) < 4.78 is 5.58. The monoisotopic (exact) mass is 457 g/mol. The molecule has 1 amide bonds. The first-order chi connectivity index (χ1) is 15.1. The predicted octanol–water partition coefficient (Wildman–Crippen LogP) is 4.37. The van der Waals surface area contributed by atoms with Crippen LogP contribution in [0.5, 0.6) is 5.75 Å². The van der Waals surface area contributed by atoms with Crippen LogP contribution < -0.4 is 4.74 Å². The molecule has 2 fully saturated rings. The van der Waals surface area contributed by atoms with Crippen LogP contribution in [0.25, 0.3) is 0 Å². The third-order valence-corrected chi connectivity index (χ3v) is 8.24. The molecular weight excluding hydrogens is 422 g/mol. The van der Waals surface area contributed by atoms with Gasteiger partial charge in [-0.25, -0.2) is 0 Å². The Morgan fingerprint density at radius 2 is 2.03 bits per heavy atom. The maximum atomic E-state index is 13.2. The molecule has 0 bridgehead atoms. The van der Waals surface area contributed by atoms with Crippen molar-refractivity contribution >= 4 is 18.3 Å². The number of H-pyrrole nitrogens is 1. The first kappa shape index (κ1) is 23.2. The number of nitrogens with one attached hydrogen (secondary N) is 1. The lowest BCUT2D eigenvalue weighted by atomic mass is 9.58. The van der Waals surface area contributed by atoms with Crippen LogP contribution in [-0.2, 0) is 18.3 Å². The Balaban J connectivity index is 0.00000245. The summed E-state index contributed by atoms with van der Waals surface area (Å²) in [5, 5.41) is 0. The third kappa shape index (κ3) is 3.73. The molecule has 5 rings (SSSR count). The zero-order valence-corrected chi connectivity index (χ0v) is 20.4. The van der Waals surface area contributed by atoms with Crippen molar-refractivity contribution in [2.75, 3.05) is 39.8 Å². The van der Waals surface area contributed by atoms with Crippen LogP contribution in [-0.4, -0.2) is 60.5 Å². The fourth-order valence-electron chi connectivity index (χ4n) is 6.31. The molecule has 2 aliphatic heterocycles. The number of carbonyl (C=O) groups excluding carboxylic acids is 1. The van der Waals surface area contributed by atoms with Crippen molar-refractivity contribution in [3.8, 4) is 5.75 Å². The van der Waals surface area contributed by atoms with Crippen LogP contribution in [0.3, 0.4) is 0 Å². The topological polar surface area (TPSA) is 48.6 Å². The second-order valence-electron chi connectivity index (χ2n) is 9.69. The van der Waals surface area contributed by atoms with Crippen molar-refractivity contribution in [3.05, 3.63) is 52.3 Å². The van der Waals surface area contributed by atoms with Gasteiger partial charge in [0.25, 0.3) is 5.91 Å². The van der Waals surface area contributed by atoms with Gasteiger partial charge < -0.3 is 19.5 Å². The maximum Gasteiger partial charge on any atom is 0.270 e. The summed E-state index contributed by atoms with van der Waals surface area (Å²) in [6.07, 6.45) is 5.41. The number of amides is 1. The highest BCUT2D eigenvalue weighted by Gasteiger charge is 2.48. The van der Waals surface area contributed by atoms with Gasteiger partial charge in [0, 0.05) is 30.7 Å². The summed E-state index contributed by atoms with van der Waals surface area (Å²) in [4.78, 5) is 21.4. The number of fused-ring (bicyclic) bond motifs is 2. The zero-order valence-electron chi connectivity index (χ0n) is 19.6. The summed E-state index contributed by atoms with van der Waals surface area (Å²) in [7, 11) is 1.75. The van der Waals surface area contributed by atoms with Gasteiger partial charge in [0.05, 0.1) is 7.11 Å². The van der Waals surface area contributed by atoms with E-state index < -0.39 is 0 Å². The lowest BCUT2D eigenvalue weighted by Crippen LogP contribution is -2.53. The molecule has 3 heterocycles. The largest absolute Gasteiger partial charge is 0.497 e. The molecule has 32 heavy (non-hydrogen) atoms. The zero-order chi connectivity index (χ0) is 21.6. The number of methoxy groups -OCH3 is 1. The highest BCUT2D eigenvalue weighted by molar-refractivity contribution is 5.94. The van der Waals surface area contributed by atoms with Gasteiger partial charge in [-0.05, 0) is 86.9 Å². The highest BCUT2D eigenvalue weighted by Crippen LogP contribution is 2.49. The van der Waals surface area contributed by atoms with E-state index in [2.05, 4.69) is 41.9 Å². The molecule has 5 nitrogen and oxygen atoms in total. The number of aromatic amines is 1. The molecule has 0 radical (unpaired) electrons. The summed E-state index contributed by atoms with van der Waals surface area (Å²) in [5.41, 5.74) is 6.17. The average molecular weight is 458 g/mol. The minimum atomic E-state index is 0. The number of carbonyl (C=O) groups is 1. The van der Waals surface area contributed by atoms with Gasteiger partial charge in [-0.3, -0.25) is 4.79 Å². The van der Waals surface area contributed by atoms with Crippen LogP contribution in [0.2, 0.25) is 0 Å². The van der Waals surface area contributed by atoms with E-state index in [1.54, 1.807) is 7.11 Å². The number of ether oxygens (including phenoxy) is 1. The van der Waals surface area contributed by atoms with Crippen molar-refractivity contribution in [1.82, 2.24) is 14.8 Å². The van der Waals surface area contributed by atoms with E-state index in [9.17, 15) is 4.79 Å². The van der Waals surface area contributed by atoms with Gasteiger partial charge in [-0.2, -0.15) is 0 Å². The van der Waals surface area contributed by atoms with E-state index in [1.165, 1.54) is 22.4 Å². The number of halogens is 1. The number of hydrogen-bond donors (Lipinski definition) is 1. The molecular formula is C26H36ClN3O2. The molecule has 3 aliphatic rings. The maximum absolute atomic E-state index is 13.2. The van der Waals surface area contributed by atoms with Gasteiger partial charge in [0.15, 0.2) is 0 Å². The standard InChI is InChI=1S/C26H35N3O2.ClH/c1-4-28-13-10-26(19-8-7-9-21(14-19)31-3)16-23-22(15-20(26)17-28)18(2)24(27-23)25(30)29-11-5-6-12-29;/h7-9,14,20,27H,4-6,10-13,15-17H2,1-3H3;1H/t20-,26+;/m0./s1. The Labute approximate surface area is 197 Å². The number of hydrogen-bond acceptors (Lipinski definition) is 3. The molecule has 1 aromatic heterocycles. The molecule has 1 N–H and O–H groups in total. The molecule has 0 spiro atoms. The van der Waals surface area contributed by atoms with E-state index in [0.717, 1.165) is 76.3 Å². The van der Waals surface area contributed by atoms with Gasteiger partial charge in [0.1, 0.15) is 11.4 Å². The highest BCUT2D eigenvalue weighted by atomic mass is 35.5. The number of nitrogens with zero attached hydrogens (tertiary/aromatic N) is 2. The minimum absolute atomic E-state index is 0.